The number of hydrogen-bond donors (Lipinski definition) is 1. The Morgan fingerprint density at radius 2 is 1.77 bits per heavy atom. The van der Waals surface area contributed by atoms with Crippen LogP contribution in [0, 0.1) is 0 Å². The molecule has 2 aliphatic rings. The van der Waals surface area contributed by atoms with Gasteiger partial charge in [-0.05, 0) is 25.0 Å². The van der Waals surface area contributed by atoms with Gasteiger partial charge in [-0.25, -0.2) is 0 Å². The Morgan fingerprint density at radius 1 is 1.10 bits per heavy atom. The molecule has 0 bridgehead atoms. The van der Waals surface area contributed by atoms with Crippen LogP contribution in [-0.2, 0) is 16.1 Å². The van der Waals surface area contributed by atoms with E-state index in [9.17, 15) is 4.79 Å². The number of carbonyl (C=O) groups excluding carboxylic acids is 1. The number of methoxy groups -OCH3 is 3. The number of aliphatic imine (C=N–C) groups is 1. The molecule has 1 aromatic rings. The number of piperazine rings is 1. The second kappa shape index (κ2) is 12.2. The van der Waals surface area contributed by atoms with Crippen molar-refractivity contribution in [2.45, 2.75) is 25.5 Å². The highest BCUT2D eigenvalue weighted by Gasteiger charge is 2.31. The molecule has 31 heavy (non-hydrogen) atoms. The van der Waals surface area contributed by atoms with E-state index in [2.05, 4.69) is 15.2 Å². The fraction of sp³-hybridized carbons (Fsp3) is 0.619. The van der Waals surface area contributed by atoms with Crippen LogP contribution in [0.5, 0.6) is 17.2 Å². The summed E-state index contributed by atoms with van der Waals surface area (Å²) in [5.74, 6) is 2.72. The van der Waals surface area contributed by atoms with Crippen molar-refractivity contribution in [1.29, 1.82) is 0 Å². The molecule has 1 unspecified atom stereocenters. The number of ether oxygens (including phenoxy) is 4. The number of carbonyl (C=O) groups is 1. The van der Waals surface area contributed by atoms with Gasteiger partial charge in [-0.2, -0.15) is 0 Å². The van der Waals surface area contributed by atoms with Crippen LogP contribution in [0.15, 0.2) is 17.1 Å². The number of nitrogens with zero attached hydrogens (tertiary/aromatic N) is 3. The van der Waals surface area contributed by atoms with Gasteiger partial charge < -0.3 is 34.1 Å². The average molecular weight is 548 g/mol. The highest BCUT2D eigenvalue weighted by Crippen LogP contribution is 2.39. The molecule has 1 N–H and O–H groups in total. The van der Waals surface area contributed by atoms with E-state index in [0.29, 0.717) is 43.5 Å². The third-order valence-corrected chi connectivity index (χ3v) is 5.53. The van der Waals surface area contributed by atoms with Crippen molar-refractivity contribution in [3.05, 3.63) is 17.7 Å². The number of hydrogen-bond acceptors (Lipinski definition) is 6. The zero-order chi connectivity index (χ0) is 21.5. The number of halogens is 1. The maximum atomic E-state index is 12.5. The third kappa shape index (κ3) is 5.85. The summed E-state index contributed by atoms with van der Waals surface area (Å²) in [5, 5.41) is 3.39. The number of guanidine groups is 1. The second-order valence-corrected chi connectivity index (χ2v) is 7.21. The van der Waals surface area contributed by atoms with Crippen molar-refractivity contribution in [3.8, 4) is 17.2 Å². The Labute approximate surface area is 201 Å². The van der Waals surface area contributed by atoms with Gasteiger partial charge in [0.1, 0.15) is 6.10 Å². The highest BCUT2D eigenvalue weighted by atomic mass is 127. The molecule has 10 heteroatoms. The minimum atomic E-state index is -0.258. The predicted octanol–water partition coefficient (Wildman–Crippen LogP) is 1.73. The summed E-state index contributed by atoms with van der Waals surface area (Å²) in [5.41, 5.74) is 0.934. The van der Waals surface area contributed by atoms with Crippen molar-refractivity contribution in [2.75, 3.05) is 61.2 Å². The summed E-state index contributed by atoms with van der Waals surface area (Å²) in [7, 11) is 6.56. The average Bonchev–Trinajstić information content (AvgIpc) is 3.33. The van der Waals surface area contributed by atoms with Gasteiger partial charge in [0.05, 0.1) is 21.3 Å². The lowest BCUT2D eigenvalue weighted by Crippen LogP contribution is -2.55. The Balaban J connectivity index is 0.00000341. The largest absolute Gasteiger partial charge is 0.493 e. The van der Waals surface area contributed by atoms with E-state index in [-0.39, 0.29) is 36.0 Å². The molecule has 1 atom stereocenters. The maximum absolute atomic E-state index is 12.5. The minimum Gasteiger partial charge on any atom is -0.493 e. The van der Waals surface area contributed by atoms with E-state index in [1.807, 2.05) is 17.0 Å². The van der Waals surface area contributed by atoms with Crippen LogP contribution in [-0.4, -0.2) is 88.9 Å². The Kier molecular flexibility index (Phi) is 9.94. The fourth-order valence-corrected chi connectivity index (χ4v) is 3.92. The monoisotopic (exact) mass is 548 g/mol. The van der Waals surface area contributed by atoms with Gasteiger partial charge >= 0.3 is 0 Å². The smallest absolute Gasteiger partial charge is 0.251 e. The number of nitrogens with one attached hydrogen (secondary N) is 1. The summed E-state index contributed by atoms with van der Waals surface area (Å²) in [6, 6.07) is 3.80. The van der Waals surface area contributed by atoms with Crippen LogP contribution < -0.4 is 19.5 Å². The zero-order valence-electron chi connectivity index (χ0n) is 18.7. The molecule has 1 amide bonds. The van der Waals surface area contributed by atoms with E-state index >= 15 is 0 Å². The lowest BCUT2D eigenvalue weighted by molar-refractivity contribution is -0.142. The number of benzene rings is 1. The number of amides is 1. The lowest BCUT2D eigenvalue weighted by atomic mass is 10.1. The van der Waals surface area contributed by atoms with Gasteiger partial charge in [0.15, 0.2) is 17.5 Å². The van der Waals surface area contributed by atoms with Crippen molar-refractivity contribution in [1.82, 2.24) is 15.1 Å². The molecule has 2 fully saturated rings. The molecule has 0 saturated carbocycles. The summed E-state index contributed by atoms with van der Waals surface area (Å²) in [6.07, 6.45) is 1.54. The van der Waals surface area contributed by atoms with Gasteiger partial charge in [-0.15, -0.1) is 24.0 Å². The molecule has 0 spiro atoms. The van der Waals surface area contributed by atoms with Crippen molar-refractivity contribution in [2.24, 2.45) is 4.99 Å². The maximum Gasteiger partial charge on any atom is 0.251 e. The molecule has 2 aliphatic heterocycles. The molecule has 2 saturated heterocycles. The van der Waals surface area contributed by atoms with E-state index < -0.39 is 0 Å². The SMILES string of the molecule is CN=C(NCc1ccc(OC)c(OC)c1OC)N1CCN(C(=O)C2CCCO2)CC1.I. The van der Waals surface area contributed by atoms with Crippen LogP contribution in [0.25, 0.3) is 0 Å². The van der Waals surface area contributed by atoms with Crippen molar-refractivity contribution >= 4 is 35.8 Å². The Morgan fingerprint density at radius 3 is 2.32 bits per heavy atom. The lowest BCUT2D eigenvalue weighted by Gasteiger charge is -2.37. The quantitative estimate of drug-likeness (QED) is 0.330. The molecule has 0 aliphatic carbocycles. The molecule has 0 radical (unpaired) electrons. The zero-order valence-corrected chi connectivity index (χ0v) is 21.0. The van der Waals surface area contributed by atoms with Gasteiger partial charge in [0.2, 0.25) is 5.75 Å². The topological polar surface area (TPSA) is 84.9 Å². The molecule has 1 aromatic carbocycles. The summed E-state index contributed by atoms with van der Waals surface area (Å²) in [6.45, 7) is 3.98. The number of rotatable bonds is 6. The minimum absolute atomic E-state index is 0. The Hall–Kier alpha value is -1.95. The third-order valence-electron chi connectivity index (χ3n) is 5.53. The molecule has 0 aromatic heterocycles. The normalized spacial score (nSPS) is 19.0. The van der Waals surface area contributed by atoms with E-state index in [0.717, 1.165) is 37.5 Å². The van der Waals surface area contributed by atoms with Gasteiger partial charge in [0.25, 0.3) is 5.91 Å². The fourth-order valence-electron chi connectivity index (χ4n) is 3.92. The second-order valence-electron chi connectivity index (χ2n) is 7.21. The first-order valence-corrected chi connectivity index (χ1v) is 10.3. The molecule has 3 rings (SSSR count). The van der Waals surface area contributed by atoms with Crippen LogP contribution in [0.1, 0.15) is 18.4 Å². The van der Waals surface area contributed by atoms with E-state index in [4.69, 9.17) is 18.9 Å². The van der Waals surface area contributed by atoms with Crippen molar-refractivity contribution in [3.63, 3.8) is 0 Å². The molecule has 2 heterocycles. The first-order valence-electron chi connectivity index (χ1n) is 10.3. The summed E-state index contributed by atoms with van der Waals surface area (Å²) in [4.78, 5) is 21.0. The van der Waals surface area contributed by atoms with E-state index in [1.165, 1.54) is 0 Å². The first-order chi connectivity index (χ1) is 14.6. The summed E-state index contributed by atoms with van der Waals surface area (Å²) >= 11 is 0. The van der Waals surface area contributed by atoms with Gasteiger partial charge in [-0.3, -0.25) is 9.79 Å². The predicted molar refractivity (Wildman–Crippen MR) is 129 cm³/mol. The summed E-state index contributed by atoms with van der Waals surface area (Å²) < 4.78 is 21.9. The Bertz CT molecular complexity index is 762. The highest BCUT2D eigenvalue weighted by molar-refractivity contribution is 14.0. The van der Waals surface area contributed by atoms with Crippen molar-refractivity contribution < 1.29 is 23.7 Å². The molecular formula is C21H33IN4O5. The first kappa shape index (κ1) is 25.3. The standard InChI is InChI=1S/C21H32N4O5.HI/c1-22-21(23-14-15-7-8-16(27-2)19(29-4)18(15)28-3)25-11-9-24(10-12-25)20(26)17-6-5-13-30-17;/h7-8,17H,5-6,9-14H2,1-4H3,(H,22,23);1H. The molecular weight excluding hydrogens is 515 g/mol. The van der Waals surface area contributed by atoms with Crippen LogP contribution in [0.2, 0.25) is 0 Å². The van der Waals surface area contributed by atoms with Gasteiger partial charge in [0, 0.05) is 51.9 Å². The van der Waals surface area contributed by atoms with E-state index in [1.54, 1.807) is 28.4 Å². The molecule has 9 nitrogen and oxygen atoms in total. The van der Waals surface area contributed by atoms with Gasteiger partial charge in [-0.1, -0.05) is 0 Å². The van der Waals surface area contributed by atoms with Crippen LogP contribution in [0.4, 0.5) is 0 Å². The van der Waals surface area contributed by atoms with Crippen LogP contribution >= 0.6 is 24.0 Å². The molecule has 174 valence electrons. The van der Waals surface area contributed by atoms with Crippen LogP contribution in [0.3, 0.4) is 0 Å².